The number of aromatic nitrogens is 3. The molecule has 0 radical (unpaired) electrons. The van der Waals surface area contributed by atoms with Gasteiger partial charge in [-0.1, -0.05) is 42.1 Å². The normalized spacial score (nSPS) is 10.6. The van der Waals surface area contributed by atoms with Crippen LogP contribution in [0.3, 0.4) is 0 Å². The average molecular weight is 439 g/mol. The molecule has 160 valence electrons. The van der Waals surface area contributed by atoms with Gasteiger partial charge in [-0.25, -0.2) is 0 Å². The van der Waals surface area contributed by atoms with Crippen molar-refractivity contribution in [3.05, 3.63) is 76.1 Å². The van der Waals surface area contributed by atoms with Crippen molar-refractivity contribution in [2.75, 3.05) is 12.3 Å². The van der Waals surface area contributed by atoms with Crippen LogP contribution in [-0.2, 0) is 11.2 Å². The summed E-state index contributed by atoms with van der Waals surface area (Å²) in [6, 6.07) is 15.2. The average Bonchev–Trinajstić information content (AvgIpc) is 3.18. The van der Waals surface area contributed by atoms with Gasteiger partial charge in [-0.05, 0) is 18.6 Å². The van der Waals surface area contributed by atoms with Crippen molar-refractivity contribution in [1.82, 2.24) is 20.1 Å². The van der Waals surface area contributed by atoms with E-state index in [2.05, 4.69) is 15.5 Å². The summed E-state index contributed by atoms with van der Waals surface area (Å²) in [5.41, 5.74) is 1.03. The molecule has 1 N–H and O–H groups in total. The Labute approximate surface area is 183 Å². The maximum Gasteiger partial charge on any atom is 0.270 e. The number of thioether (sulfide) groups is 1. The standard InChI is InChI=1S/C21H21N5O4S/c1-15(27)22-12-6-11-20-23-24-21(25(20)17-8-3-2-4-9-17)31-14-19(28)16-7-5-10-18(13-16)26(29)30/h2-5,7-10,13H,6,11-12,14H2,1H3,(H,22,27). The lowest BCUT2D eigenvalue weighted by Gasteiger charge is -2.10. The van der Waals surface area contributed by atoms with Crippen molar-refractivity contribution >= 4 is 29.1 Å². The molecule has 0 saturated heterocycles. The number of nitrogens with zero attached hydrogens (tertiary/aromatic N) is 4. The summed E-state index contributed by atoms with van der Waals surface area (Å²) in [6.07, 6.45) is 1.30. The number of amides is 1. The monoisotopic (exact) mass is 439 g/mol. The summed E-state index contributed by atoms with van der Waals surface area (Å²) in [6.45, 7) is 2.00. The van der Waals surface area contributed by atoms with Crippen LogP contribution in [0.2, 0.25) is 0 Å². The van der Waals surface area contributed by atoms with Gasteiger partial charge in [0.05, 0.1) is 10.7 Å². The first kappa shape index (κ1) is 22.2. The van der Waals surface area contributed by atoms with E-state index in [0.29, 0.717) is 24.5 Å². The second-order valence-electron chi connectivity index (χ2n) is 6.68. The molecule has 31 heavy (non-hydrogen) atoms. The topological polar surface area (TPSA) is 120 Å². The number of para-hydroxylation sites is 1. The zero-order valence-corrected chi connectivity index (χ0v) is 17.7. The van der Waals surface area contributed by atoms with Crippen LogP contribution in [0.15, 0.2) is 59.8 Å². The van der Waals surface area contributed by atoms with Gasteiger partial charge in [-0.2, -0.15) is 0 Å². The van der Waals surface area contributed by atoms with Gasteiger partial charge in [0.25, 0.3) is 5.69 Å². The van der Waals surface area contributed by atoms with E-state index >= 15 is 0 Å². The van der Waals surface area contributed by atoms with Gasteiger partial charge in [-0.3, -0.25) is 24.3 Å². The number of nitro groups is 1. The number of hydrogen-bond donors (Lipinski definition) is 1. The summed E-state index contributed by atoms with van der Waals surface area (Å²) in [5, 5.41) is 22.8. The molecule has 0 aliphatic heterocycles. The first-order valence-electron chi connectivity index (χ1n) is 9.60. The first-order chi connectivity index (χ1) is 15.0. The molecule has 0 aliphatic carbocycles. The predicted molar refractivity (Wildman–Crippen MR) is 117 cm³/mol. The molecule has 9 nitrogen and oxygen atoms in total. The highest BCUT2D eigenvalue weighted by molar-refractivity contribution is 7.99. The third kappa shape index (κ3) is 5.98. The number of carbonyl (C=O) groups is 2. The van der Waals surface area contributed by atoms with Crippen LogP contribution in [0.1, 0.15) is 29.5 Å². The summed E-state index contributed by atoms with van der Waals surface area (Å²) in [7, 11) is 0. The van der Waals surface area contributed by atoms with E-state index < -0.39 is 4.92 Å². The van der Waals surface area contributed by atoms with Gasteiger partial charge in [-0.15, -0.1) is 10.2 Å². The van der Waals surface area contributed by atoms with Crippen LogP contribution < -0.4 is 5.32 Å². The van der Waals surface area contributed by atoms with Crippen molar-refractivity contribution in [2.45, 2.75) is 24.9 Å². The van der Waals surface area contributed by atoms with Crippen LogP contribution in [0.25, 0.3) is 5.69 Å². The summed E-state index contributed by atoms with van der Waals surface area (Å²) in [5.74, 6) is 0.476. The number of ketones is 1. The maximum atomic E-state index is 12.6. The van der Waals surface area contributed by atoms with Gasteiger partial charge < -0.3 is 5.32 Å². The number of rotatable bonds is 10. The number of nitrogens with one attached hydrogen (secondary N) is 1. The molecule has 1 amide bonds. The van der Waals surface area contributed by atoms with E-state index in [9.17, 15) is 19.7 Å². The molecule has 0 aliphatic rings. The van der Waals surface area contributed by atoms with Crippen molar-refractivity contribution in [3.63, 3.8) is 0 Å². The number of aryl methyl sites for hydroxylation is 1. The van der Waals surface area contributed by atoms with Crippen LogP contribution in [0, 0.1) is 10.1 Å². The number of hydrogen-bond acceptors (Lipinski definition) is 7. The SMILES string of the molecule is CC(=O)NCCCc1nnc(SCC(=O)c2cccc([N+](=O)[O-])c2)n1-c1ccccc1. The molecule has 0 spiro atoms. The van der Waals surface area contributed by atoms with Crippen molar-refractivity contribution < 1.29 is 14.5 Å². The van der Waals surface area contributed by atoms with E-state index in [-0.39, 0.29) is 28.7 Å². The van der Waals surface area contributed by atoms with Crippen LogP contribution >= 0.6 is 11.8 Å². The highest BCUT2D eigenvalue weighted by Crippen LogP contribution is 2.24. The molecule has 0 saturated carbocycles. The molecule has 2 aromatic carbocycles. The Balaban J connectivity index is 1.76. The van der Waals surface area contributed by atoms with Gasteiger partial charge in [0.15, 0.2) is 10.9 Å². The zero-order chi connectivity index (χ0) is 22.2. The molecule has 3 aromatic rings. The largest absolute Gasteiger partial charge is 0.356 e. The molecule has 0 unspecified atom stereocenters. The van der Waals surface area contributed by atoms with E-state index in [4.69, 9.17) is 0 Å². The summed E-state index contributed by atoms with van der Waals surface area (Å²) in [4.78, 5) is 34.1. The predicted octanol–water partition coefficient (Wildman–Crippen LogP) is 3.22. The van der Waals surface area contributed by atoms with E-state index in [0.717, 1.165) is 11.5 Å². The molecular formula is C21H21N5O4S. The number of carbonyl (C=O) groups excluding carboxylic acids is 2. The lowest BCUT2D eigenvalue weighted by molar-refractivity contribution is -0.384. The van der Waals surface area contributed by atoms with E-state index in [1.54, 1.807) is 6.07 Å². The highest BCUT2D eigenvalue weighted by Gasteiger charge is 2.17. The Hall–Kier alpha value is -3.53. The molecule has 10 heteroatoms. The fourth-order valence-corrected chi connectivity index (χ4v) is 3.77. The third-order valence-corrected chi connectivity index (χ3v) is 5.31. The fourth-order valence-electron chi connectivity index (χ4n) is 2.91. The molecule has 0 atom stereocenters. The van der Waals surface area contributed by atoms with Crippen molar-refractivity contribution in [1.29, 1.82) is 0 Å². The zero-order valence-electron chi connectivity index (χ0n) is 16.9. The number of Topliss-reactive ketones (excluding diaryl/α,β-unsaturated/α-hetero) is 1. The van der Waals surface area contributed by atoms with Crippen LogP contribution in [0.4, 0.5) is 5.69 Å². The highest BCUT2D eigenvalue weighted by atomic mass is 32.2. The van der Waals surface area contributed by atoms with Gasteiger partial charge >= 0.3 is 0 Å². The number of non-ortho nitro benzene ring substituents is 1. The smallest absolute Gasteiger partial charge is 0.270 e. The van der Waals surface area contributed by atoms with E-state index in [1.807, 2.05) is 34.9 Å². The lowest BCUT2D eigenvalue weighted by atomic mass is 10.1. The Morgan fingerprint density at radius 2 is 1.90 bits per heavy atom. The number of benzene rings is 2. The summed E-state index contributed by atoms with van der Waals surface area (Å²) >= 11 is 1.22. The van der Waals surface area contributed by atoms with Gasteiger partial charge in [0.2, 0.25) is 5.91 Å². The minimum atomic E-state index is -0.525. The molecule has 3 rings (SSSR count). The Morgan fingerprint density at radius 1 is 1.13 bits per heavy atom. The van der Waals surface area contributed by atoms with Crippen molar-refractivity contribution in [2.24, 2.45) is 0 Å². The Morgan fingerprint density at radius 3 is 2.61 bits per heavy atom. The van der Waals surface area contributed by atoms with Crippen molar-refractivity contribution in [3.8, 4) is 5.69 Å². The van der Waals surface area contributed by atoms with Crippen LogP contribution in [0.5, 0.6) is 0 Å². The first-order valence-corrected chi connectivity index (χ1v) is 10.6. The van der Waals surface area contributed by atoms with Gasteiger partial charge in [0, 0.05) is 43.3 Å². The fraction of sp³-hybridized carbons (Fsp3) is 0.238. The van der Waals surface area contributed by atoms with Gasteiger partial charge in [0.1, 0.15) is 5.82 Å². The third-order valence-electron chi connectivity index (χ3n) is 4.38. The minimum Gasteiger partial charge on any atom is -0.356 e. The molecule has 1 heterocycles. The molecule has 0 fully saturated rings. The Kier molecular flexibility index (Phi) is 7.50. The quantitative estimate of drug-likeness (QED) is 0.169. The second kappa shape index (κ2) is 10.5. The molecule has 1 aromatic heterocycles. The van der Waals surface area contributed by atoms with E-state index in [1.165, 1.54) is 36.9 Å². The number of nitro benzene ring substituents is 1. The van der Waals surface area contributed by atoms with Crippen LogP contribution in [-0.4, -0.2) is 43.7 Å². The molecule has 0 bridgehead atoms. The maximum absolute atomic E-state index is 12.6. The Bertz CT molecular complexity index is 1080. The minimum absolute atomic E-state index is 0.0675. The molecular weight excluding hydrogens is 418 g/mol. The summed E-state index contributed by atoms with van der Waals surface area (Å²) < 4.78 is 1.89. The lowest BCUT2D eigenvalue weighted by Crippen LogP contribution is -2.21. The second-order valence-corrected chi connectivity index (χ2v) is 7.62.